The minimum absolute atomic E-state index is 0. The molecule has 0 atom stereocenters. The molecular formula is C27H34IN2+. The molecule has 2 nitrogen and oxygen atoms in total. The zero-order chi connectivity index (χ0) is 20.8. The fourth-order valence-electron chi connectivity index (χ4n) is 5.19. The summed E-state index contributed by atoms with van der Waals surface area (Å²) in [6.07, 6.45) is 6.91. The molecule has 0 radical (unpaired) electrons. The average Bonchev–Trinajstić information content (AvgIpc) is 3.07. The molecule has 0 saturated heterocycles. The minimum atomic E-state index is 0. The number of para-hydroxylation sites is 2. The zero-order valence-corrected chi connectivity index (χ0v) is 21.4. The van der Waals surface area contributed by atoms with E-state index in [4.69, 9.17) is 0 Å². The highest BCUT2D eigenvalue weighted by Crippen LogP contribution is 2.47. The van der Waals surface area contributed by atoms with E-state index in [9.17, 15) is 0 Å². The van der Waals surface area contributed by atoms with Crippen LogP contribution in [0, 0.1) is 0 Å². The molecular weight excluding hydrogens is 479 g/mol. The second kappa shape index (κ2) is 8.33. The van der Waals surface area contributed by atoms with Crippen LogP contribution >= 0.6 is 24.0 Å². The molecule has 30 heavy (non-hydrogen) atoms. The molecule has 4 rings (SSSR count). The van der Waals surface area contributed by atoms with Crippen LogP contribution in [-0.4, -0.2) is 23.4 Å². The van der Waals surface area contributed by atoms with E-state index < -0.39 is 0 Å². The number of hydrogen-bond acceptors (Lipinski definition) is 1. The summed E-state index contributed by atoms with van der Waals surface area (Å²) in [7, 11) is 0. The third kappa shape index (κ3) is 3.35. The molecule has 2 aliphatic heterocycles. The van der Waals surface area contributed by atoms with E-state index in [-0.39, 0.29) is 34.8 Å². The van der Waals surface area contributed by atoms with Gasteiger partial charge in [-0.2, -0.15) is 4.58 Å². The number of hydrogen-bond donors (Lipinski definition) is 0. The fraction of sp³-hybridized carbons (Fsp3) is 0.370. The normalized spacial score (nSPS) is 19.9. The van der Waals surface area contributed by atoms with Crippen LogP contribution in [0.25, 0.3) is 0 Å². The smallest absolute Gasteiger partial charge is 0.209 e. The third-order valence-electron chi connectivity index (χ3n) is 6.74. The van der Waals surface area contributed by atoms with Crippen molar-refractivity contribution in [1.82, 2.24) is 0 Å². The van der Waals surface area contributed by atoms with Gasteiger partial charge in [0.1, 0.15) is 6.54 Å². The molecule has 0 unspecified atom stereocenters. The topological polar surface area (TPSA) is 6.25 Å². The Morgan fingerprint density at radius 1 is 0.867 bits per heavy atom. The van der Waals surface area contributed by atoms with Crippen molar-refractivity contribution < 1.29 is 4.58 Å². The second-order valence-corrected chi connectivity index (χ2v) is 9.07. The Bertz CT molecular complexity index is 1040. The van der Waals surface area contributed by atoms with Crippen LogP contribution in [0.5, 0.6) is 0 Å². The average molecular weight is 513 g/mol. The summed E-state index contributed by atoms with van der Waals surface area (Å²) in [6, 6.07) is 17.6. The largest absolute Gasteiger partial charge is 0.344 e. The van der Waals surface area contributed by atoms with Gasteiger partial charge in [0, 0.05) is 41.1 Å². The van der Waals surface area contributed by atoms with E-state index in [0.717, 1.165) is 13.1 Å². The van der Waals surface area contributed by atoms with E-state index in [1.165, 1.54) is 33.9 Å². The summed E-state index contributed by atoms with van der Waals surface area (Å²) in [5.74, 6) is 0. The molecule has 0 saturated carbocycles. The van der Waals surface area contributed by atoms with Crippen molar-refractivity contribution in [1.29, 1.82) is 0 Å². The maximum atomic E-state index is 2.45. The predicted octanol–water partition coefficient (Wildman–Crippen LogP) is 6.96. The number of benzene rings is 2. The van der Waals surface area contributed by atoms with Gasteiger partial charge in [0.25, 0.3) is 0 Å². The fourth-order valence-corrected chi connectivity index (χ4v) is 5.19. The summed E-state index contributed by atoms with van der Waals surface area (Å²) in [5.41, 5.74) is 8.28. The summed E-state index contributed by atoms with van der Waals surface area (Å²) in [4.78, 5) is 2.45. The number of allylic oxidation sites excluding steroid dienone is 4. The summed E-state index contributed by atoms with van der Waals surface area (Å²) < 4.78 is 2.45. The van der Waals surface area contributed by atoms with E-state index in [1.54, 1.807) is 0 Å². The van der Waals surface area contributed by atoms with E-state index >= 15 is 0 Å². The van der Waals surface area contributed by atoms with Crippen LogP contribution in [0.2, 0.25) is 0 Å². The molecule has 2 heterocycles. The molecule has 2 aromatic rings. The Hall–Kier alpha value is -1.88. The first kappa shape index (κ1) is 22.8. The SMILES string of the molecule is CCN1/C(=C\C=C\C2=[N+](CC)c3ccccc3C2(C)C)C(C)(C)c2ccccc21.I. The summed E-state index contributed by atoms with van der Waals surface area (Å²) in [6.45, 7) is 15.8. The van der Waals surface area contributed by atoms with E-state index in [0.29, 0.717) is 0 Å². The van der Waals surface area contributed by atoms with Gasteiger partial charge < -0.3 is 4.90 Å². The number of halogens is 1. The van der Waals surface area contributed by atoms with Gasteiger partial charge in [0.2, 0.25) is 5.69 Å². The molecule has 0 amide bonds. The molecule has 0 aliphatic carbocycles. The van der Waals surface area contributed by atoms with Crippen molar-refractivity contribution in [3.05, 3.63) is 83.6 Å². The molecule has 0 N–H and O–H groups in total. The number of fused-ring (bicyclic) bond motifs is 2. The van der Waals surface area contributed by atoms with Crippen molar-refractivity contribution in [3.8, 4) is 0 Å². The molecule has 0 spiro atoms. The highest BCUT2D eigenvalue weighted by atomic mass is 127. The molecule has 0 aromatic heterocycles. The maximum Gasteiger partial charge on any atom is 0.209 e. The van der Waals surface area contributed by atoms with Crippen LogP contribution < -0.4 is 4.90 Å². The molecule has 3 heteroatoms. The summed E-state index contributed by atoms with van der Waals surface area (Å²) >= 11 is 0. The minimum Gasteiger partial charge on any atom is -0.344 e. The lowest BCUT2D eigenvalue weighted by atomic mass is 9.81. The highest BCUT2D eigenvalue weighted by molar-refractivity contribution is 14.0. The van der Waals surface area contributed by atoms with Crippen molar-refractivity contribution in [2.75, 3.05) is 18.0 Å². The first-order valence-corrected chi connectivity index (χ1v) is 10.8. The molecule has 2 aromatic carbocycles. The lowest BCUT2D eigenvalue weighted by Gasteiger charge is -2.25. The number of nitrogens with zero attached hydrogens (tertiary/aromatic N) is 2. The van der Waals surface area contributed by atoms with Crippen LogP contribution in [0.3, 0.4) is 0 Å². The van der Waals surface area contributed by atoms with Crippen LogP contribution in [0.4, 0.5) is 11.4 Å². The van der Waals surface area contributed by atoms with E-state index in [2.05, 4.69) is 118 Å². The van der Waals surface area contributed by atoms with Gasteiger partial charge in [-0.05, 0) is 45.4 Å². The molecule has 0 bridgehead atoms. The lowest BCUT2D eigenvalue weighted by Crippen LogP contribution is -2.28. The number of anilines is 1. The summed E-state index contributed by atoms with van der Waals surface area (Å²) in [5, 5.41) is 0. The lowest BCUT2D eigenvalue weighted by molar-refractivity contribution is -0.433. The predicted molar refractivity (Wildman–Crippen MR) is 140 cm³/mol. The quantitative estimate of drug-likeness (QED) is 0.317. The van der Waals surface area contributed by atoms with Crippen LogP contribution in [0.15, 0.2) is 72.5 Å². The van der Waals surface area contributed by atoms with Gasteiger partial charge in [-0.1, -0.05) is 56.3 Å². The number of likely N-dealkylation sites (N-methyl/N-ethyl adjacent to an activating group) is 1. The Morgan fingerprint density at radius 3 is 2.17 bits per heavy atom. The molecule has 2 aliphatic rings. The van der Waals surface area contributed by atoms with Gasteiger partial charge in [-0.25, -0.2) is 0 Å². The van der Waals surface area contributed by atoms with Gasteiger partial charge in [-0.3, -0.25) is 0 Å². The van der Waals surface area contributed by atoms with Gasteiger partial charge in [0.15, 0.2) is 5.71 Å². The maximum absolute atomic E-state index is 2.45. The van der Waals surface area contributed by atoms with Crippen LogP contribution in [0.1, 0.15) is 52.7 Å². The Morgan fingerprint density at radius 2 is 1.50 bits per heavy atom. The van der Waals surface area contributed by atoms with Crippen molar-refractivity contribution in [3.63, 3.8) is 0 Å². The monoisotopic (exact) mass is 513 g/mol. The number of rotatable bonds is 4. The van der Waals surface area contributed by atoms with Crippen molar-refractivity contribution in [2.24, 2.45) is 0 Å². The van der Waals surface area contributed by atoms with E-state index in [1.807, 2.05) is 0 Å². The van der Waals surface area contributed by atoms with Crippen LogP contribution in [-0.2, 0) is 10.8 Å². The Kier molecular flexibility index (Phi) is 6.33. The van der Waals surface area contributed by atoms with Gasteiger partial charge in [0.05, 0.1) is 5.41 Å². The third-order valence-corrected chi connectivity index (χ3v) is 6.74. The van der Waals surface area contributed by atoms with Gasteiger partial charge >= 0.3 is 0 Å². The first-order chi connectivity index (χ1) is 13.8. The molecule has 158 valence electrons. The zero-order valence-electron chi connectivity index (χ0n) is 19.1. The van der Waals surface area contributed by atoms with Gasteiger partial charge in [-0.15, -0.1) is 24.0 Å². The van der Waals surface area contributed by atoms with Crippen molar-refractivity contribution >= 4 is 41.1 Å². The standard InChI is InChI=1S/C27H33N2.HI/c1-7-28-22-16-11-9-14-20(22)26(3,4)24(28)18-13-19-25-27(5,6)21-15-10-12-17-23(21)29(25)8-2;/h9-19H,7-8H2,1-6H3;1H/q+1;. The molecule has 0 fully saturated rings. The van der Waals surface area contributed by atoms with Crippen molar-refractivity contribution in [2.45, 2.75) is 52.4 Å². The Balaban J connectivity index is 0.00000256. The first-order valence-electron chi connectivity index (χ1n) is 10.8. The Labute approximate surface area is 199 Å². The highest BCUT2D eigenvalue weighted by Gasteiger charge is 2.43. The second-order valence-electron chi connectivity index (χ2n) is 9.07.